The van der Waals surface area contributed by atoms with Crippen molar-refractivity contribution in [2.45, 2.75) is 26.2 Å². The van der Waals surface area contributed by atoms with E-state index in [0.717, 1.165) is 51.6 Å². The molecular weight excluding hydrogens is 416 g/mol. The molecule has 0 fully saturated rings. The van der Waals surface area contributed by atoms with Gasteiger partial charge in [-0.2, -0.15) is 0 Å². The lowest BCUT2D eigenvalue weighted by Gasteiger charge is -2.23. The Bertz CT molecular complexity index is 1240. The van der Waals surface area contributed by atoms with E-state index in [1.165, 1.54) is 12.1 Å². The molecule has 4 rings (SSSR count). The average molecular weight is 440 g/mol. The summed E-state index contributed by atoms with van der Waals surface area (Å²) in [6.07, 6.45) is 3.29. The monoisotopic (exact) mass is 439 g/mol. The number of halogens is 2. The number of hydrogen-bond donors (Lipinski definition) is 1. The number of anilines is 1. The Morgan fingerprint density at radius 3 is 2.00 bits per heavy atom. The van der Waals surface area contributed by atoms with E-state index in [9.17, 15) is 17.2 Å². The van der Waals surface area contributed by atoms with Crippen LogP contribution in [-0.2, 0) is 22.9 Å². The molecule has 0 heterocycles. The fourth-order valence-corrected chi connectivity index (χ4v) is 4.77. The molecule has 160 valence electrons. The van der Waals surface area contributed by atoms with Crippen LogP contribution in [0.2, 0.25) is 0 Å². The van der Waals surface area contributed by atoms with Gasteiger partial charge in [0.1, 0.15) is 11.6 Å². The largest absolute Gasteiger partial charge is 0.284 e. The predicted molar refractivity (Wildman–Crippen MR) is 121 cm³/mol. The van der Waals surface area contributed by atoms with Crippen LogP contribution >= 0.6 is 0 Å². The maximum atomic E-state index is 14.0. The number of allylic oxidation sites excluding steroid dienone is 1. The summed E-state index contributed by atoms with van der Waals surface area (Å²) >= 11 is 0. The summed E-state index contributed by atoms with van der Waals surface area (Å²) in [6, 6.07) is 16.7. The van der Waals surface area contributed by atoms with Gasteiger partial charge in [-0.05, 0) is 102 Å². The minimum Gasteiger partial charge on any atom is -0.284 e. The molecule has 0 saturated heterocycles. The number of rotatable bonds is 3. The molecule has 1 aliphatic rings. The zero-order chi connectivity index (χ0) is 22.2. The van der Waals surface area contributed by atoms with Crippen LogP contribution in [0.3, 0.4) is 0 Å². The number of hydrogen-bond acceptors (Lipinski definition) is 2. The molecule has 1 aliphatic carbocycles. The van der Waals surface area contributed by atoms with E-state index in [1.807, 2.05) is 13.0 Å². The number of benzene rings is 3. The molecule has 31 heavy (non-hydrogen) atoms. The van der Waals surface area contributed by atoms with E-state index in [0.29, 0.717) is 18.5 Å². The third kappa shape index (κ3) is 4.69. The molecule has 0 radical (unpaired) electrons. The molecule has 0 aliphatic heterocycles. The SMILES string of the molecule is CC(=C1c2ccc(F)cc2CCCc2cc(F)ccc21)c1cccc(NS(C)(=O)=O)c1. The van der Waals surface area contributed by atoms with Crippen molar-refractivity contribution in [2.24, 2.45) is 0 Å². The van der Waals surface area contributed by atoms with Gasteiger partial charge in [-0.15, -0.1) is 0 Å². The smallest absolute Gasteiger partial charge is 0.229 e. The molecule has 0 aromatic heterocycles. The Morgan fingerprint density at radius 2 is 1.45 bits per heavy atom. The second-order valence-electron chi connectivity index (χ2n) is 7.91. The van der Waals surface area contributed by atoms with Gasteiger partial charge in [-0.25, -0.2) is 17.2 Å². The summed E-state index contributed by atoms with van der Waals surface area (Å²) in [5, 5.41) is 0. The second kappa shape index (κ2) is 8.27. The van der Waals surface area contributed by atoms with Crippen molar-refractivity contribution < 1.29 is 17.2 Å². The number of aryl methyl sites for hydroxylation is 2. The first-order valence-electron chi connectivity index (χ1n) is 10.1. The minimum absolute atomic E-state index is 0.282. The molecule has 0 saturated carbocycles. The number of fused-ring (bicyclic) bond motifs is 2. The highest BCUT2D eigenvalue weighted by molar-refractivity contribution is 7.92. The van der Waals surface area contributed by atoms with Gasteiger partial charge in [-0.1, -0.05) is 24.3 Å². The first kappa shape index (κ1) is 21.2. The fraction of sp³-hybridized carbons (Fsp3) is 0.200. The number of nitrogens with one attached hydrogen (secondary N) is 1. The summed E-state index contributed by atoms with van der Waals surface area (Å²) in [5.41, 5.74) is 6.74. The Morgan fingerprint density at radius 1 is 0.871 bits per heavy atom. The molecule has 6 heteroatoms. The summed E-state index contributed by atoms with van der Waals surface area (Å²) in [4.78, 5) is 0. The van der Waals surface area contributed by atoms with Gasteiger partial charge in [0, 0.05) is 5.69 Å². The van der Waals surface area contributed by atoms with Crippen LogP contribution in [0.15, 0.2) is 60.7 Å². The van der Waals surface area contributed by atoms with Crippen LogP contribution in [0.4, 0.5) is 14.5 Å². The zero-order valence-electron chi connectivity index (χ0n) is 17.4. The van der Waals surface area contributed by atoms with Crippen molar-refractivity contribution in [3.05, 3.63) is 100 Å². The molecule has 0 atom stereocenters. The average Bonchev–Trinajstić information content (AvgIpc) is 2.68. The van der Waals surface area contributed by atoms with E-state index >= 15 is 0 Å². The van der Waals surface area contributed by atoms with Gasteiger partial charge in [0.2, 0.25) is 10.0 Å². The third-order valence-corrected chi connectivity index (χ3v) is 6.15. The predicted octanol–water partition coefficient (Wildman–Crippen LogP) is 5.80. The van der Waals surface area contributed by atoms with Crippen LogP contribution in [0.25, 0.3) is 11.1 Å². The third-order valence-electron chi connectivity index (χ3n) is 5.54. The summed E-state index contributed by atoms with van der Waals surface area (Å²) in [6.45, 7) is 1.96. The molecule has 3 aromatic carbocycles. The highest BCUT2D eigenvalue weighted by Gasteiger charge is 2.21. The van der Waals surface area contributed by atoms with Crippen LogP contribution in [0.1, 0.15) is 41.2 Å². The lowest BCUT2D eigenvalue weighted by atomic mass is 9.81. The Labute approximate surface area is 181 Å². The van der Waals surface area contributed by atoms with Gasteiger partial charge in [0.05, 0.1) is 6.26 Å². The lowest BCUT2D eigenvalue weighted by Crippen LogP contribution is -2.09. The first-order valence-corrected chi connectivity index (χ1v) is 12.0. The highest BCUT2D eigenvalue weighted by atomic mass is 32.2. The highest BCUT2D eigenvalue weighted by Crippen LogP contribution is 2.39. The number of sulfonamides is 1. The second-order valence-corrected chi connectivity index (χ2v) is 9.66. The molecular formula is C25H23F2NO2S. The van der Waals surface area contributed by atoms with Gasteiger partial charge >= 0.3 is 0 Å². The molecule has 0 unspecified atom stereocenters. The van der Waals surface area contributed by atoms with Crippen molar-refractivity contribution in [2.75, 3.05) is 11.0 Å². The van der Waals surface area contributed by atoms with Crippen molar-refractivity contribution in [1.82, 2.24) is 0 Å². The van der Waals surface area contributed by atoms with Crippen molar-refractivity contribution in [3.8, 4) is 0 Å². The van der Waals surface area contributed by atoms with Gasteiger partial charge < -0.3 is 0 Å². The maximum Gasteiger partial charge on any atom is 0.229 e. The fourth-order valence-electron chi connectivity index (χ4n) is 4.22. The van der Waals surface area contributed by atoms with E-state index < -0.39 is 10.0 Å². The Hall–Kier alpha value is -2.99. The van der Waals surface area contributed by atoms with Crippen molar-refractivity contribution >= 4 is 26.9 Å². The van der Waals surface area contributed by atoms with Gasteiger partial charge in [-0.3, -0.25) is 4.72 Å². The van der Waals surface area contributed by atoms with E-state index in [-0.39, 0.29) is 11.6 Å². The summed E-state index contributed by atoms with van der Waals surface area (Å²) in [5.74, 6) is -0.565. The van der Waals surface area contributed by atoms with Crippen LogP contribution in [-0.4, -0.2) is 14.7 Å². The summed E-state index contributed by atoms with van der Waals surface area (Å²) < 4.78 is 53.9. The van der Waals surface area contributed by atoms with Crippen molar-refractivity contribution in [3.63, 3.8) is 0 Å². The Balaban J connectivity index is 1.98. The van der Waals surface area contributed by atoms with Crippen LogP contribution < -0.4 is 4.72 Å². The topological polar surface area (TPSA) is 46.2 Å². The lowest BCUT2D eigenvalue weighted by molar-refractivity contribution is 0.606. The molecule has 3 aromatic rings. The first-order chi connectivity index (χ1) is 14.7. The van der Waals surface area contributed by atoms with Crippen LogP contribution in [0.5, 0.6) is 0 Å². The molecule has 0 bridgehead atoms. The van der Waals surface area contributed by atoms with E-state index in [4.69, 9.17) is 0 Å². The summed E-state index contributed by atoms with van der Waals surface area (Å²) in [7, 11) is -3.41. The standard InChI is InChI=1S/C25H23F2NO2S/c1-16(17-5-4-8-22(15-17)28-31(2,29)30)25-23-11-9-20(26)13-18(23)6-3-7-19-14-21(27)10-12-24(19)25/h4-5,8-15,28H,3,6-7H2,1-2H3. The van der Waals surface area contributed by atoms with E-state index in [1.54, 1.807) is 42.5 Å². The normalized spacial score (nSPS) is 13.6. The quantitative estimate of drug-likeness (QED) is 0.560. The molecule has 3 nitrogen and oxygen atoms in total. The maximum absolute atomic E-state index is 14.0. The molecule has 0 spiro atoms. The van der Waals surface area contributed by atoms with Gasteiger partial charge in [0.15, 0.2) is 0 Å². The minimum atomic E-state index is -3.41. The van der Waals surface area contributed by atoms with E-state index in [2.05, 4.69) is 4.72 Å². The molecule has 0 amide bonds. The van der Waals surface area contributed by atoms with Crippen molar-refractivity contribution in [1.29, 1.82) is 0 Å². The Kier molecular flexibility index (Phi) is 5.67. The molecule has 1 N–H and O–H groups in total. The van der Waals surface area contributed by atoms with Crippen LogP contribution in [0, 0.1) is 11.6 Å². The zero-order valence-corrected chi connectivity index (χ0v) is 18.2. The van der Waals surface area contributed by atoms with Gasteiger partial charge in [0.25, 0.3) is 0 Å².